The number of benzene rings is 1. The largest absolute Gasteiger partial charge is 0.480 e. The van der Waals surface area contributed by atoms with Crippen LogP contribution in [0.5, 0.6) is 17.6 Å². The second-order valence-electron chi connectivity index (χ2n) is 8.54. The maximum atomic E-state index is 6.15. The van der Waals surface area contributed by atoms with Crippen LogP contribution in [0.15, 0.2) is 30.5 Å². The quantitative estimate of drug-likeness (QED) is 0.601. The number of rotatable bonds is 6. The van der Waals surface area contributed by atoms with E-state index in [4.69, 9.17) is 21.1 Å². The number of fused-ring (bicyclic) bond motifs is 2. The zero-order chi connectivity index (χ0) is 22.2. The van der Waals surface area contributed by atoms with Crippen LogP contribution < -0.4 is 19.7 Å². The number of piperidine rings is 1. The predicted molar refractivity (Wildman–Crippen MR) is 122 cm³/mol. The van der Waals surface area contributed by atoms with E-state index in [0.717, 1.165) is 24.3 Å². The van der Waals surface area contributed by atoms with Crippen molar-refractivity contribution in [3.63, 3.8) is 0 Å². The van der Waals surface area contributed by atoms with Crippen LogP contribution in [0.25, 0.3) is 0 Å². The third-order valence-corrected chi connectivity index (χ3v) is 6.49. The minimum Gasteiger partial charge on any atom is -0.480 e. The van der Waals surface area contributed by atoms with Gasteiger partial charge < -0.3 is 19.7 Å². The first-order chi connectivity index (χ1) is 15.5. The summed E-state index contributed by atoms with van der Waals surface area (Å²) in [7, 11) is 3.44. The Morgan fingerprint density at radius 3 is 2.62 bits per heavy atom. The molecule has 3 atom stereocenters. The number of nitrogens with one attached hydrogen (secondary N) is 1. The molecule has 2 bridgehead atoms. The van der Waals surface area contributed by atoms with Crippen LogP contribution in [-0.4, -0.2) is 51.2 Å². The standard InChI is InChI=1S/C22H26ClN7O2/c1-13-6-16(23)8-18(7-13)32-22-26-21(28-29(22)2)25-20-14-4-5-15(20)12-30(11-14)17-9-19(31-3)27-24-10-17/h6-10,14-15,20H,4-5,11-12H2,1-3H3,(H,25,28)/t14-,15+,20-. The summed E-state index contributed by atoms with van der Waals surface area (Å²) in [5, 5.41) is 16.8. The number of ether oxygens (including phenoxy) is 2. The molecule has 0 radical (unpaired) electrons. The summed E-state index contributed by atoms with van der Waals surface area (Å²) >= 11 is 6.15. The predicted octanol–water partition coefficient (Wildman–Crippen LogP) is 3.69. The minimum absolute atomic E-state index is 0.326. The smallest absolute Gasteiger partial charge is 0.321 e. The van der Waals surface area contributed by atoms with Crippen molar-refractivity contribution < 1.29 is 9.47 Å². The Labute approximate surface area is 191 Å². The van der Waals surface area contributed by atoms with Gasteiger partial charge >= 0.3 is 6.01 Å². The van der Waals surface area contributed by atoms with Gasteiger partial charge in [-0.15, -0.1) is 10.2 Å². The summed E-state index contributed by atoms with van der Waals surface area (Å²) in [6.07, 6.45) is 4.15. The Balaban J connectivity index is 1.28. The van der Waals surface area contributed by atoms with Crippen LogP contribution in [0.4, 0.5) is 11.6 Å². The van der Waals surface area contributed by atoms with Gasteiger partial charge in [0, 0.05) is 37.3 Å². The summed E-state index contributed by atoms with van der Waals surface area (Å²) in [6, 6.07) is 8.28. The summed E-state index contributed by atoms with van der Waals surface area (Å²) in [5.74, 6) is 2.76. The van der Waals surface area contributed by atoms with Crippen molar-refractivity contribution in [2.45, 2.75) is 25.8 Å². The highest BCUT2D eigenvalue weighted by Gasteiger charge is 2.42. The normalized spacial score (nSPS) is 22.1. The van der Waals surface area contributed by atoms with Crippen LogP contribution in [-0.2, 0) is 7.05 Å². The average molecular weight is 456 g/mol. The topological polar surface area (TPSA) is 90.2 Å². The first-order valence-electron chi connectivity index (χ1n) is 10.7. The van der Waals surface area contributed by atoms with Crippen molar-refractivity contribution in [1.29, 1.82) is 0 Å². The molecule has 1 N–H and O–H groups in total. The maximum Gasteiger partial charge on any atom is 0.321 e. The third-order valence-electron chi connectivity index (χ3n) is 6.27. The molecule has 2 fully saturated rings. The molecule has 10 heteroatoms. The Hall–Kier alpha value is -3.07. The maximum absolute atomic E-state index is 6.15. The fraction of sp³-hybridized carbons (Fsp3) is 0.455. The molecule has 1 aliphatic carbocycles. The molecule has 168 valence electrons. The molecule has 0 amide bonds. The number of nitrogens with zero attached hydrogens (tertiary/aromatic N) is 6. The van der Waals surface area contributed by atoms with E-state index < -0.39 is 0 Å². The summed E-state index contributed by atoms with van der Waals surface area (Å²) in [5.41, 5.74) is 2.08. The number of hydrogen-bond acceptors (Lipinski definition) is 8. The second-order valence-corrected chi connectivity index (χ2v) is 8.97. The Morgan fingerprint density at radius 1 is 1.12 bits per heavy atom. The Morgan fingerprint density at radius 2 is 1.91 bits per heavy atom. The molecule has 3 aromatic rings. The van der Waals surface area contributed by atoms with E-state index in [9.17, 15) is 0 Å². The number of aryl methyl sites for hydroxylation is 2. The number of hydrogen-bond donors (Lipinski definition) is 1. The second kappa shape index (κ2) is 8.46. The van der Waals surface area contributed by atoms with Crippen molar-refractivity contribution in [1.82, 2.24) is 25.0 Å². The first kappa shape index (κ1) is 20.8. The van der Waals surface area contributed by atoms with Crippen molar-refractivity contribution in [2.75, 3.05) is 30.4 Å². The summed E-state index contributed by atoms with van der Waals surface area (Å²) < 4.78 is 12.8. The molecule has 1 saturated carbocycles. The van der Waals surface area contributed by atoms with Gasteiger partial charge in [0.1, 0.15) is 5.75 Å². The van der Waals surface area contributed by atoms with Crippen molar-refractivity contribution in [3.8, 4) is 17.6 Å². The van der Waals surface area contributed by atoms with Crippen LogP contribution in [0.3, 0.4) is 0 Å². The molecule has 2 aliphatic rings. The lowest BCUT2D eigenvalue weighted by atomic mass is 9.92. The summed E-state index contributed by atoms with van der Waals surface area (Å²) in [6.45, 7) is 3.87. The van der Waals surface area contributed by atoms with Crippen LogP contribution in [0.1, 0.15) is 18.4 Å². The van der Waals surface area contributed by atoms with Gasteiger partial charge in [-0.3, -0.25) is 0 Å². The molecule has 2 aromatic heterocycles. The van der Waals surface area contributed by atoms with Gasteiger partial charge in [-0.2, -0.15) is 10.1 Å². The Bertz CT molecular complexity index is 1090. The number of anilines is 2. The van der Waals surface area contributed by atoms with Crippen molar-refractivity contribution >= 4 is 23.2 Å². The van der Waals surface area contributed by atoms with Crippen molar-refractivity contribution in [2.24, 2.45) is 18.9 Å². The number of aromatic nitrogens is 5. The molecule has 9 nitrogen and oxygen atoms in total. The lowest BCUT2D eigenvalue weighted by molar-refractivity contribution is 0.373. The Kier molecular flexibility index (Phi) is 5.50. The van der Waals surface area contributed by atoms with Crippen LogP contribution >= 0.6 is 11.6 Å². The van der Waals surface area contributed by atoms with Gasteiger partial charge in [0.05, 0.1) is 19.0 Å². The van der Waals surface area contributed by atoms with E-state index in [-0.39, 0.29) is 0 Å². The average Bonchev–Trinajstić information content (AvgIpc) is 3.20. The van der Waals surface area contributed by atoms with Gasteiger partial charge in [-0.25, -0.2) is 4.68 Å². The highest BCUT2D eigenvalue weighted by molar-refractivity contribution is 6.30. The molecule has 32 heavy (non-hydrogen) atoms. The molecular weight excluding hydrogens is 430 g/mol. The van der Waals surface area contributed by atoms with Gasteiger partial charge in [-0.05, 0) is 55.4 Å². The van der Waals surface area contributed by atoms with Gasteiger partial charge in [0.15, 0.2) is 0 Å². The first-order valence-corrected chi connectivity index (χ1v) is 11.1. The van der Waals surface area contributed by atoms with Gasteiger partial charge in [-0.1, -0.05) is 11.6 Å². The number of methoxy groups -OCH3 is 1. The van der Waals surface area contributed by atoms with Crippen LogP contribution in [0, 0.1) is 18.8 Å². The van der Waals surface area contributed by atoms with E-state index in [1.165, 1.54) is 12.8 Å². The van der Waals surface area contributed by atoms with E-state index in [0.29, 0.717) is 46.5 Å². The van der Waals surface area contributed by atoms with Gasteiger partial charge in [0.25, 0.3) is 0 Å². The lowest BCUT2D eigenvalue weighted by Gasteiger charge is -2.39. The summed E-state index contributed by atoms with van der Waals surface area (Å²) in [4.78, 5) is 6.96. The van der Waals surface area contributed by atoms with Gasteiger partial charge in [0.2, 0.25) is 11.8 Å². The third kappa shape index (κ3) is 4.17. The zero-order valence-corrected chi connectivity index (χ0v) is 19.1. The highest BCUT2D eigenvalue weighted by atomic mass is 35.5. The molecule has 3 heterocycles. The molecule has 1 saturated heterocycles. The molecule has 1 aliphatic heterocycles. The lowest BCUT2D eigenvalue weighted by Crippen LogP contribution is -2.48. The highest BCUT2D eigenvalue weighted by Crippen LogP contribution is 2.40. The fourth-order valence-corrected chi connectivity index (χ4v) is 5.10. The van der Waals surface area contributed by atoms with E-state index in [1.54, 1.807) is 24.1 Å². The molecule has 0 unspecified atom stereocenters. The number of halogens is 1. The minimum atomic E-state index is 0.326. The van der Waals surface area contributed by atoms with Crippen LogP contribution in [0.2, 0.25) is 5.02 Å². The van der Waals surface area contributed by atoms with E-state index >= 15 is 0 Å². The van der Waals surface area contributed by atoms with Crippen molar-refractivity contribution in [3.05, 3.63) is 41.0 Å². The molecule has 1 aromatic carbocycles. The van der Waals surface area contributed by atoms with E-state index in [1.807, 2.05) is 32.2 Å². The monoisotopic (exact) mass is 455 g/mol. The van der Waals surface area contributed by atoms with E-state index in [2.05, 4.69) is 30.5 Å². The molecule has 5 rings (SSSR count). The molecular formula is C22H26ClN7O2. The fourth-order valence-electron chi connectivity index (χ4n) is 4.82. The SMILES string of the molecule is COc1cc(N2C[C@H]3CC[C@@H](C2)[C@@H]3Nc2nc(Oc3cc(C)cc(Cl)c3)n(C)n2)cnn1. The zero-order valence-electron chi connectivity index (χ0n) is 18.3. The molecule has 0 spiro atoms.